The second kappa shape index (κ2) is 7.83. The van der Waals surface area contributed by atoms with E-state index in [1.54, 1.807) is 35.1 Å². The summed E-state index contributed by atoms with van der Waals surface area (Å²) in [5.41, 5.74) is 1.57. The fourth-order valence-electron chi connectivity index (χ4n) is 2.89. The first-order valence-electron chi connectivity index (χ1n) is 8.75. The summed E-state index contributed by atoms with van der Waals surface area (Å²) in [7, 11) is 0. The number of fused-ring (bicyclic) bond motifs is 1. The van der Waals surface area contributed by atoms with E-state index >= 15 is 0 Å². The fourth-order valence-corrected chi connectivity index (χ4v) is 2.89. The molecule has 0 saturated carbocycles. The zero-order valence-electron chi connectivity index (χ0n) is 14.9. The van der Waals surface area contributed by atoms with E-state index in [1.807, 2.05) is 24.3 Å². The highest BCUT2D eigenvalue weighted by Gasteiger charge is 2.15. The monoisotopic (exact) mass is 378 g/mol. The Morgan fingerprint density at radius 2 is 1.75 bits per heavy atom. The second-order valence-electron chi connectivity index (χ2n) is 6.12. The van der Waals surface area contributed by atoms with Crippen LogP contribution in [0, 0.1) is 0 Å². The molecule has 4 rings (SSSR count). The molecule has 4 aromatic rings. The van der Waals surface area contributed by atoms with Crippen molar-refractivity contribution in [2.24, 2.45) is 0 Å². The Hall–Kier alpha value is -3.81. The van der Waals surface area contributed by atoms with Gasteiger partial charge in [0.25, 0.3) is 5.91 Å². The lowest BCUT2D eigenvalue weighted by Gasteiger charge is -2.10. The largest absolute Gasteiger partial charge is 0.467 e. The van der Waals surface area contributed by atoms with Gasteiger partial charge in [-0.3, -0.25) is 9.59 Å². The summed E-state index contributed by atoms with van der Waals surface area (Å²) in [6.07, 6.45) is 3.00. The lowest BCUT2D eigenvalue weighted by molar-refractivity contribution is -0.121. The van der Waals surface area contributed by atoms with Crippen molar-refractivity contribution in [1.29, 1.82) is 0 Å². The SMILES string of the molecule is O=C(Cn1c(CNC(=O)c2ccco2)nc2ccccc21)NCc1ccco1. The van der Waals surface area contributed by atoms with E-state index in [9.17, 15) is 9.59 Å². The maximum Gasteiger partial charge on any atom is 0.287 e. The van der Waals surface area contributed by atoms with Crippen LogP contribution in [-0.2, 0) is 24.4 Å². The van der Waals surface area contributed by atoms with Gasteiger partial charge in [0.1, 0.15) is 18.1 Å². The van der Waals surface area contributed by atoms with Crippen LogP contribution in [0.5, 0.6) is 0 Å². The Bertz CT molecular complexity index is 1080. The van der Waals surface area contributed by atoms with Crippen LogP contribution in [0.4, 0.5) is 0 Å². The van der Waals surface area contributed by atoms with Gasteiger partial charge in [0.15, 0.2) is 5.76 Å². The molecule has 0 aliphatic carbocycles. The van der Waals surface area contributed by atoms with E-state index in [0.717, 1.165) is 11.0 Å². The van der Waals surface area contributed by atoms with Crippen molar-refractivity contribution >= 4 is 22.8 Å². The number of carbonyl (C=O) groups excluding carboxylic acids is 2. The van der Waals surface area contributed by atoms with Crippen LogP contribution in [0.25, 0.3) is 11.0 Å². The summed E-state index contributed by atoms with van der Waals surface area (Å²) in [6.45, 7) is 0.551. The Morgan fingerprint density at radius 1 is 0.929 bits per heavy atom. The van der Waals surface area contributed by atoms with Gasteiger partial charge in [0.2, 0.25) is 5.91 Å². The molecule has 0 fully saturated rings. The molecule has 3 aromatic heterocycles. The third-order valence-electron chi connectivity index (χ3n) is 4.23. The summed E-state index contributed by atoms with van der Waals surface area (Å²) in [4.78, 5) is 29.1. The number of rotatable bonds is 7. The number of amides is 2. The standard InChI is InChI=1S/C20H18N4O4/c25-19(21-11-14-5-3-9-27-14)13-24-16-7-2-1-6-15(16)23-18(24)12-22-20(26)17-8-4-10-28-17/h1-10H,11-13H2,(H,21,25)(H,22,26). The molecule has 0 spiro atoms. The van der Waals surface area contributed by atoms with Crippen LogP contribution in [0.2, 0.25) is 0 Å². The van der Waals surface area contributed by atoms with Gasteiger partial charge in [-0.2, -0.15) is 0 Å². The maximum absolute atomic E-state index is 12.4. The van der Waals surface area contributed by atoms with E-state index in [4.69, 9.17) is 8.83 Å². The van der Waals surface area contributed by atoms with E-state index in [0.29, 0.717) is 18.1 Å². The molecule has 0 aliphatic rings. The fraction of sp³-hybridized carbons (Fsp3) is 0.150. The van der Waals surface area contributed by atoms with Crippen LogP contribution < -0.4 is 10.6 Å². The number of aromatic nitrogens is 2. The molecular weight excluding hydrogens is 360 g/mol. The topological polar surface area (TPSA) is 102 Å². The number of benzene rings is 1. The van der Waals surface area contributed by atoms with Gasteiger partial charge in [-0.25, -0.2) is 4.98 Å². The molecule has 2 amide bonds. The minimum atomic E-state index is -0.342. The van der Waals surface area contributed by atoms with Gasteiger partial charge in [0.05, 0.1) is 36.6 Å². The number of furan rings is 2. The number of hydrogen-bond acceptors (Lipinski definition) is 5. The van der Waals surface area contributed by atoms with Crippen LogP contribution >= 0.6 is 0 Å². The first-order chi connectivity index (χ1) is 13.7. The van der Waals surface area contributed by atoms with Crippen LogP contribution in [0.1, 0.15) is 22.1 Å². The summed E-state index contributed by atoms with van der Waals surface area (Å²) < 4.78 is 12.1. The molecule has 0 saturated heterocycles. The van der Waals surface area contributed by atoms with E-state index < -0.39 is 0 Å². The molecule has 3 heterocycles. The molecule has 0 bridgehead atoms. The van der Waals surface area contributed by atoms with Crippen molar-refractivity contribution in [2.75, 3.05) is 0 Å². The summed E-state index contributed by atoms with van der Waals surface area (Å²) >= 11 is 0. The van der Waals surface area contributed by atoms with Crippen molar-refractivity contribution in [3.8, 4) is 0 Å². The lowest BCUT2D eigenvalue weighted by atomic mass is 10.3. The summed E-state index contributed by atoms with van der Waals surface area (Å²) in [5.74, 6) is 0.951. The zero-order valence-corrected chi connectivity index (χ0v) is 14.9. The molecule has 2 N–H and O–H groups in total. The van der Waals surface area contributed by atoms with Crippen LogP contribution in [0.15, 0.2) is 69.9 Å². The number of carbonyl (C=O) groups is 2. The highest BCUT2D eigenvalue weighted by atomic mass is 16.3. The second-order valence-corrected chi connectivity index (χ2v) is 6.12. The Labute approximate surface area is 160 Å². The molecule has 8 nitrogen and oxygen atoms in total. The van der Waals surface area contributed by atoms with Crippen LogP contribution in [-0.4, -0.2) is 21.4 Å². The molecule has 0 aliphatic heterocycles. The Morgan fingerprint density at radius 3 is 2.54 bits per heavy atom. The average Bonchev–Trinajstić information content (AvgIpc) is 3.46. The predicted octanol–water partition coefficient (Wildman–Crippen LogP) is 2.47. The molecule has 0 unspecified atom stereocenters. The van der Waals surface area contributed by atoms with Crippen molar-refractivity contribution in [2.45, 2.75) is 19.6 Å². The molecule has 1 aromatic carbocycles. The zero-order chi connectivity index (χ0) is 19.3. The number of nitrogens with one attached hydrogen (secondary N) is 2. The van der Waals surface area contributed by atoms with Gasteiger partial charge in [-0.05, 0) is 36.4 Å². The van der Waals surface area contributed by atoms with Crippen LogP contribution in [0.3, 0.4) is 0 Å². The predicted molar refractivity (Wildman–Crippen MR) is 100 cm³/mol. The summed E-state index contributed by atoms with van der Waals surface area (Å²) in [5, 5.41) is 5.59. The number of nitrogens with zero attached hydrogens (tertiary/aromatic N) is 2. The molecule has 0 atom stereocenters. The molecule has 28 heavy (non-hydrogen) atoms. The van der Waals surface area contributed by atoms with Gasteiger partial charge >= 0.3 is 0 Å². The number of imidazole rings is 1. The molecule has 0 radical (unpaired) electrons. The van der Waals surface area contributed by atoms with E-state index in [1.165, 1.54) is 6.26 Å². The molecule has 142 valence electrons. The minimum absolute atomic E-state index is 0.0766. The first-order valence-corrected chi connectivity index (χ1v) is 8.75. The third kappa shape index (κ3) is 3.80. The van der Waals surface area contributed by atoms with Gasteiger partial charge in [-0.1, -0.05) is 12.1 Å². The maximum atomic E-state index is 12.4. The highest BCUT2D eigenvalue weighted by Crippen LogP contribution is 2.16. The van der Waals surface area contributed by atoms with E-state index in [2.05, 4.69) is 15.6 Å². The smallest absolute Gasteiger partial charge is 0.287 e. The average molecular weight is 378 g/mol. The summed E-state index contributed by atoms with van der Waals surface area (Å²) in [6, 6.07) is 14.3. The quantitative estimate of drug-likeness (QED) is 0.514. The minimum Gasteiger partial charge on any atom is -0.467 e. The van der Waals surface area contributed by atoms with Gasteiger partial charge < -0.3 is 24.0 Å². The van der Waals surface area contributed by atoms with Crippen molar-refractivity contribution in [1.82, 2.24) is 20.2 Å². The molecule has 8 heteroatoms. The van der Waals surface area contributed by atoms with Gasteiger partial charge in [0, 0.05) is 0 Å². The van der Waals surface area contributed by atoms with Crippen molar-refractivity contribution in [3.63, 3.8) is 0 Å². The van der Waals surface area contributed by atoms with Crippen molar-refractivity contribution in [3.05, 3.63) is 78.4 Å². The van der Waals surface area contributed by atoms with Gasteiger partial charge in [-0.15, -0.1) is 0 Å². The number of hydrogen-bond donors (Lipinski definition) is 2. The lowest BCUT2D eigenvalue weighted by Crippen LogP contribution is -2.29. The third-order valence-corrected chi connectivity index (χ3v) is 4.23. The van der Waals surface area contributed by atoms with E-state index in [-0.39, 0.29) is 30.7 Å². The Kier molecular flexibility index (Phi) is 4.92. The normalized spacial score (nSPS) is 10.9. The first kappa shape index (κ1) is 17.6. The number of para-hydroxylation sites is 2. The highest BCUT2D eigenvalue weighted by molar-refractivity contribution is 5.91. The van der Waals surface area contributed by atoms with Crippen molar-refractivity contribution < 1.29 is 18.4 Å². The Balaban J connectivity index is 1.49. The molecular formula is C20H18N4O4.